The van der Waals surface area contributed by atoms with E-state index in [1.54, 1.807) is 14.0 Å². The predicted molar refractivity (Wildman–Crippen MR) is 104 cm³/mol. The lowest BCUT2D eigenvalue weighted by atomic mass is 10.2. The average molecular weight is 405 g/mol. The third-order valence-electron chi connectivity index (χ3n) is 4.37. The van der Waals surface area contributed by atoms with E-state index in [9.17, 15) is 9.59 Å². The topological polar surface area (TPSA) is 121 Å². The van der Waals surface area contributed by atoms with Crippen molar-refractivity contribution in [1.29, 1.82) is 0 Å². The van der Waals surface area contributed by atoms with Crippen LogP contribution >= 0.6 is 11.8 Å². The molecule has 1 saturated heterocycles. The zero-order valence-corrected chi connectivity index (χ0v) is 16.6. The molecule has 0 spiro atoms. The van der Waals surface area contributed by atoms with E-state index < -0.39 is 17.2 Å². The van der Waals surface area contributed by atoms with Crippen molar-refractivity contribution in [2.75, 3.05) is 13.7 Å². The molecule has 3 amide bonds. The van der Waals surface area contributed by atoms with E-state index in [4.69, 9.17) is 15.2 Å². The maximum atomic E-state index is 12.0. The van der Waals surface area contributed by atoms with Gasteiger partial charge in [0.15, 0.2) is 11.0 Å². The van der Waals surface area contributed by atoms with Crippen molar-refractivity contribution >= 4 is 23.7 Å². The molecule has 1 aromatic heterocycles. The number of ether oxygens (including phenoxy) is 2. The van der Waals surface area contributed by atoms with Crippen molar-refractivity contribution in [3.8, 4) is 17.1 Å². The Kier molecular flexibility index (Phi) is 6.53. The summed E-state index contributed by atoms with van der Waals surface area (Å²) in [5, 5.41) is 10.7. The second-order valence-electron chi connectivity index (χ2n) is 6.39. The monoisotopic (exact) mass is 405 g/mol. The number of methoxy groups -OCH3 is 1. The summed E-state index contributed by atoms with van der Waals surface area (Å²) in [7, 11) is 1.61. The summed E-state index contributed by atoms with van der Waals surface area (Å²) < 4.78 is 12.9. The fourth-order valence-electron chi connectivity index (χ4n) is 2.92. The number of carbonyl (C=O) groups is 2. The summed E-state index contributed by atoms with van der Waals surface area (Å²) in [5.41, 5.74) is 5.91. The Balaban J connectivity index is 1.87. The number of imide groups is 1. The molecule has 0 saturated carbocycles. The van der Waals surface area contributed by atoms with Crippen LogP contribution in [0.3, 0.4) is 0 Å². The van der Waals surface area contributed by atoms with Gasteiger partial charge in [0, 0.05) is 12.2 Å². The largest absolute Gasteiger partial charge is 0.497 e. The van der Waals surface area contributed by atoms with Crippen molar-refractivity contribution in [2.45, 2.75) is 42.8 Å². The number of thioether (sulfide) groups is 1. The van der Waals surface area contributed by atoms with Gasteiger partial charge in [0.2, 0.25) is 5.91 Å². The van der Waals surface area contributed by atoms with Crippen molar-refractivity contribution in [2.24, 2.45) is 5.73 Å². The molecule has 2 atom stereocenters. The highest BCUT2D eigenvalue weighted by molar-refractivity contribution is 8.00. The van der Waals surface area contributed by atoms with E-state index in [0.29, 0.717) is 17.5 Å². The van der Waals surface area contributed by atoms with E-state index >= 15 is 0 Å². The van der Waals surface area contributed by atoms with Crippen LogP contribution in [0.5, 0.6) is 5.75 Å². The molecule has 0 bridgehead atoms. The molecule has 150 valence electrons. The Bertz CT molecular complexity index is 833. The van der Waals surface area contributed by atoms with Crippen LogP contribution in [0.25, 0.3) is 11.4 Å². The van der Waals surface area contributed by atoms with Crippen molar-refractivity contribution in [1.82, 2.24) is 20.1 Å². The molecule has 10 heteroatoms. The number of rotatable bonds is 7. The summed E-state index contributed by atoms with van der Waals surface area (Å²) in [6.45, 7) is 3.01. The zero-order valence-electron chi connectivity index (χ0n) is 15.8. The minimum absolute atomic E-state index is 0.0714. The summed E-state index contributed by atoms with van der Waals surface area (Å²) in [6, 6.07) is 6.66. The van der Waals surface area contributed by atoms with Gasteiger partial charge in [-0.25, -0.2) is 4.79 Å². The highest BCUT2D eigenvalue weighted by atomic mass is 32.2. The number of hydrogen-bond donors (Lipinski definition) is 2. The minimum Gasteiger partial charge on any atom is -0.497 e. The molecule has 0 unspecified atom stereocenters. The van der Waals surface area contributed by atoms with Gasteiger partial charge in [-0.3, -0.25) is 14.7 Å². The number of amides is 3. The lowest BCUT2D eigenvalue weighted by Gasteiger charge is -2.16. The van der Waals surface area contributed by atoms with Gasteiger partial charge in [-0.2, -0.15) is 0 Å². The maximum absolute atomic E-state index is 12.0. The Morgan fingerprint density at radius 3 is 2.75 bits per heavy atom. The molecule has 3 rings (SSSR count). The van der Waals surface area contributed by atoms with Crippen LogP contribution in [-0.4, -0.2) is 51.8 Å². The number of nitrogens with zero attached hydrogens (tertiary/aromatic N) is 3. The Morgan fingerprint density at radius 1 is 1.39 bits per heavy atom. The predicted octanol–water partition coefficient (Wildman–Crippen LogP) is 1.81. The van der Waals surface area contributed by atoms with Crippen LogP contribution in [0, 0.1) is 0 Å². The number of benzene rings is 1. The van der Waals surface area contributed by atoms with E-state index in [2.05, 4.69) is 15.5 Å². The molecule has 0 radical (unpaired) electrons. The quantitative estimate of drug-likeness (QED) is 0.674. The summed E-state index contributed by atoms with van der Waals surface area (Å²) in [6.07, 6.45) is 2.05. The van der Waals surface area contributed by atoms with Crippen molar-refractivity contribution < 1.29 is 19.1 Å². The van der Waals surface area contributed by atoms with Gasteiger partial charge in [0.25, 0.3) is 0 Å². The second kappa shape index (κ2) is 9.07. The maximum Gasteiger partial charge on any atom is 0.318 e. The van der Waals surface area contributed by atoms with E-state index in [1.807, 2.05) is 28.8 Å². The number of hydrogen-bond acceptors (Lipinski definition) is 7. The van der Waals surface area contributed by atoms with Crippen LogP contribution in [0.1, 0.15) is 19.8 Å². The molecule has 2 heterocycles. The lowest BCUT2D eigenvalue weighted by molar-refractivity contribution is -0.119. The Hall–Kier alpha value is -2.59. The zero-order chi connectivity index (χ0) is 20.1. The smallest absolute Gasteiger partial charge is 0.318 e. The third-order valence-corrected chi connectivity index (χ3v) is 5.45. The molecule has 9 nitrogen and oxygen atoms in total. The first-order valence-electron chi connectivity index (χ1n) is 8.94. The van der Waals surface area contributed by atoms with Crippen LogP contribution in [-0.2, 0) is 16.1 Å². The summed E-state index contributed by atoms with van der Waals surface area (Å²) >= 11 is 1.22. The first-order chi connectivity index (χ1) is 13.5. The molecule has 1 aliphatic rings. The SMILES string of the molecule is COc1ccc(-c2nnc(S[C@@H](C)C(=O)NC(N)=O)n2C[C@@H]2CCCO2)cc1. The molecular weight excluding hydrogens is 382 g/mol. The van der Waals surface area contributed by atoms with Gasteiger partial charge in [-0.15, -0.1) is 10.2 Å². The number of nitrogens with one attached hydrogen (secondary N) is 1. The number of aromatic nitrogens is 3. The number of primary amides is 1. The van der Waals surface area contributed by atoms with Gasteiger partial charge in [0.1, 0.15) is 5.75 Å². The molecule has 28 heavy (non-hydrogen) atoms. The molecular formula is C18H23N5O4S. The third kappa shape index (κ3) is 4.82. The van der Waals surface area contributed by atoms with Crippen LogP contribution < -0.4 is 15.8 Å². The Labute approximate surface area is 167 Å². The van der Waals surface area contributed by atoms with Gasteiger partial charge < -0.3 is 15.2 Å². The average Bonchev–Trinajstić information content (AvgIpc) is 3.32. The first-order valence-corrected chi connectivity index (χ1v) is 9.82. The fraction of sp³-hybridized carbons (Fsp3) is 0.444. The van der Waals surface area contributed by atoms with Crippen LogP contribution in [0.4, 0.5) is 4.79 Å². The van der Waals surface area contributed by atoms with E-state index in [0.717, 1.165) is 30.8 Å². The minimum atomic E-state index is -0.878. The van der Waals surface area contributed by atoms with Gasteiger partial charge >= 0.3 is 6.03 Å². The van der Waals surface area contributed by atoms with Gasteiger partial charge in [-0.1, -0.05) is 11.8 Å². The first kappa shape index (κ1) is 20.2. The van der Waals surface area contributed by atoms with Gasteiger partial charge in [0.05, 0.1) is 25.0 Å². The summed E-state index contributed by atoms with van der Waals surface area (Å²) in [4.78, 5) is 23.0. The fourth-order valence-corrected chi connectivity index (χ4v) is 3.78. The van der Waals surface area contributed by atoms with Crippen molar-refractivity contribution in [3.05, 3.63) is 24.3 Å². The molecule has 2 aromatic rings. The number of carbonyl (C=O) groups excluding carboxylic acids is 2. The molecule has 1 aliphatic heterocycles. The highest BCUT2D eigenvalue weighted by Gasteiger charge is 2.25. The van der Waals surface area contributed by atoms with E-state index in [-0.39, 0.29) is 6.10 Å². The normalized spacial score (nSPS) is 17.3. The number of urea groups is 1. The molecule has 1 aromatic carbocycles. The van der Waals surface area contributed by atoms with E-state index in [1.165, 1.54) is 11.8 Å². The van der Waals surface area contributed by atoms with Crippen LogP contribution in [0.2, 0.25) is 0 Å². The molecule has 1 fully saturated rings. The van der Waals surface area contributed by atoms with Crippen molar-refractivity contribution in [3.63, 3.8) is 0 Å². The Morgan fingerprint density at radius 2 is 2.14 bits per heavy atom. The highest BCUT2D eigenvalue weighted by Crippen LogP contribution is 2.29. The second-order valence-corrected chi connectivity index (χ2v) is 7.70. The standard InChI is InChI=1S/C18H23N5O4S/c1-11(16(24)20-17(19)25)28-18-22-21-15(12-5-7-13(26-2)8-6-12)23(18)10-14-4-3-9-27-14/h5-8,11,14H,3-4,9-10H2,1-2H3,(H3,19,20,24,25)/t11-,14-/m0/s1. The summed E-state index contributed by atoms with van der Waals surface area (Å²) in [5.74, 6) is 0.957. The van der Waals surface area contributed by atoms with Crippen LogP contribution in [0.15, 0.2) is 29.4 Å². The van der Waals surface area contributed by atoms with Gasteiger partial charge in [-0.05, 0) is 44.0 Å². The lowest BCUT2D eigenvalue weighted by Crippen LogP contribution is -2.39. The number of nitrogens with two attached hydrogens (primary N) is 1. The molecule has 0 aliphatic carbocycles. The molecule has 3 N–H and O–H groups in total.